The van der Waals surface area contributed by atoms with Gasteiger partial charge in [-0.1, -0.05) is 12.1 Å². The zero-order chi connectivity index (χ0) is 16.4. The summed E-state index contributed by atoms with van der Waals surface area (Å²) in [6.07, 6.45) is 1.27. The first-order valence-corrected chi connectivity index (χ1v) is 6.58. The van der Waals surface area contributed by atoms with Crippen LogP contribution in [0, 0.1) is 10.1 Å². The predicted molar refractivity (Wildman–Crippen MR) is 82.2 cm³/mol. The van der Waals surface area contributed by atoms with E-state index >= 15 is 0 Å². The molecule has 0 aliphatic rings. The van der Waals surface area contributed by atoms with Gasteiger partial charge in [0.25, 0.3) is 0 Å². The van der Waals surface area contributed by atoms with Gasteiger partial charge in [-0.25, -0.2) is 19.3 Å². The molecule has 2 heterocycles. The van der Waals surface area contributed by atoms with Crippen molar-refractivity contribution in [3.05, 3.63) is 52.3 Å². The third kappa shape index (κ3) is 2.67. The van der Waals surface area contributed by atoms with Gasteiger partial charge in [-0.15, -0.1) is 0 Å². The summed E-state index contributed by atoms with van der Waals surface area (Å²) >= 11 is 0. The quantitative estimate of drug-likeness (QED) is 0.453. The molecule has 9 nitrogen and oxygen atoms in total. The molecule has 1 amide bonds. The Hall–Kier alpha value is -3.49. The molecule has 0 atom stereocenters. The van der Waals surface area contributed by atoms with Crippen LogP contribution < -0.4 is 5.32 Å². The third-order valence-corrected chi connectivity index (χ3v) is 3.06. The number of carbonyl (C=O) groups excluding carboxylic acids is 1. The number of nitrogens with one attached hydrogen (secondary N) is 1. The van der Waals surface area contributed by atoms with Gasteiger partial charge in [-0.05, 0) is 18.2 Å². The van der Waals surface area contributed by atoms with Crippen molar-refractivity contribution in [1.82, 2.24) is 14.9 Å². The van der Waals surface area contributed by atoms with Crippen LogP contribution >= 0.6 is 0 Å². The van der Waals surface area contributed by atoms with Gasteiger partial charge in [-0.3, -0.25) is 10.1 Å². The highest BCUT2D eigenvalue weighted by atomic mass is 16.6. The lowest BCUT2D eigenvalue weighted by Crippen LogP contribution is -2.24. The molecule has 0 fully saturated rings. The number of imidazole rings is 1. The molecule has 0 radical (unpaired) electrons. The fraction of sp³-hybridized carbons (Fsp3) is 0.0714. The average Bonchev–Trinajstić information content (AvgIpc) is 3.16. The largest absolute Gasteiger partial charge is 0.433 e. The van der Waals surface area contributed by atoms with Crippen LogP contribution in [0.2, 0.25) is 0 Å². The Morgan fingerprint density at radius 1 is 1.39 bits per heavy atom. The van der Waals surface area contributed by atoms with Crippen molar-refractivity contribution in [3.63, 3.8) is 0 Å². The Morgan fingerprint density at radius 2 is 2.17 bits per heavy atom. The van der Waals surface area contributed by atoms with Crippen molar-refractivity contribution in [3.8, 4) is 0 Å². The number of hydrogen-bond acceptors (Lipinski definition) is 6. The molecule has 9 heteroatoms. The summed E-state index contributed by atoms with van der Waals surface area (Å²) in [4.78, 5) is 30.4. The van der Waals surface area contributed by atoms with Gasteiger partial charge in [0.15, 0.2) is 5.76 Å². The molecule has 2 aromatic heterocycles. The van der Waals surface area contributed by atoms with Crippen LogP contribution in [0.15, 0.2) is 45.8 Å². The number of fused-ring (bicyclic) bond motifs is 1. The van der Waals surface area contributed by atoms with Crippen LogP contribution in [0.3, 0.4) is 0 Å². The molecule has 0 aliphatic heterocycles. The van der Waals surface area contributed by atoms with E-state index in [1.54, 1.807) is 24.3 Å². The van der Waals surface area contributed by atoms with Crippen molar-refractivity contribution in [2.75, 3.05) is 7.05 Å². The number of rotatable bonds is 3. The van der Waals surface area contributed by atoms with Gasteiger partial charge in [0.05, 0.1) is 23.3 Å². The number of nitrogens with zero attached hydrogens (tertiary/aromatic N) is 4. The van der Waals surface area contributed by atoms with Crippen LogP contribution in [-0.2, 0) is 0 Å². The van der Waals surface area contributed by atoms with E-state index in [4.69, 9.17) is 4.42 Å². The number of hydrogen-bond donors (Lipinski definition) is 1. The minimum absolute atomic E-state index is 0.143. The van der Waals surface area contributed by atoms with Gasteiger partial charge in [0, 0.05) is 7.05 Å². The maximum atomic E-state index is 12.0. The highest BCUT2D eigenvalue weighted by Gasteiger charge is 2.15. The van der Waals surface area contributed by atoms with E-state index in [9.17, 15) is 14.9 Å². The Balaban J connectivity index is 2.03. The molecule has 0 bridgehead atoms. The fourth-order valence-corrected chi connectivity index (χ4v) is 2.04. The zero-order valence-electron chi connectivity index (χ0n) is 12.0. The molecule has 0 aliphatic carbocycles. The first-order chi connectivity index (χ1) is 11.1. The van der Waals surface area contributed by atoms with E-state index in [0.29, 0.717) is 11.0 Å². The summed E-state index contributed by atoms with van der Waals surface area (Å²) in [6.45, 7) is 0. The molecule has 0 saturated heterocycles. The standard InChI is InChI=1S/C14H11N5O4/c1-15-14(20)18-11-5-3-2-4-10(11)17-13(18)16-8-9-6-7-12(23-9)19(21)22/h2-8H,1H3,(H,15,20). The van der Waals surface area contributed by atoms with Crippen LogP contribution in [0.25, 0.3) is 11.0 Å². The van der Waals surface area contributed by atoms with E-state index in [1.165, 1.54) is 30.0 Å². The first kappa shape index (κ1) is 14.4. The summed E-state index contributed by atoms with van der Waals surface area (Å²) in [5.41, 5.74) is 1.21. The van der Waals surface area contributed by atoms with Crippen LogP contribution in [0.1, 0.15) is 5.76 Å². The minimum Gasteiger partial charge on any atom is -0.400 e. The van der Waals surface area contributed by atoms with Gasteiger partial charge in [0.2, 0.25) is 5.95 Å². The SMILES string of the molecule is CNC(=O)n1c(N=Cc2ccc([N+](=O)[O-])o2)nc2ccccc21. The molecule has 3 aromatic rings. The van der Waals surface area contributed by atoms with E-state index in [1.807, 2.05) is 0 Å². The number of aromatic nitrogens is 2. The van der Waals surface area contributed by atoms with Gasteiger partial charge in [-0.2, -0.15) is 0 Å². The van der Waals surface area contributed by atoms with Gasteiger partial charge in [0.1, 0.15) is 4.92 Å². The van der Waals surface area contributed by atoms with Crippen molar-refractivity contribution in [1.29, 1.82) is 0 Å². The Labute approximate surface area is 129 Å². The second kappa shape index (κ2) is 5.72. The monoisotopic (exact) mass is 313 g/mol. The lowest BCUT2D eigenvalue weighted by atomic mass is 10.3. The highest BCUT2D eigenvalue weighted by Crippen LogP contribution is 2.22. The van der Waals surface area contributed by atoms with Crippen molar-refractivity contribution < 1.29 is 14.1 Å². The molecule has 0 spiro atoms. The number of carbonyl (C=O) groups is 1. The second-order valence-corrected chi connectivity index (χ2v) is 4.48. The Kier molecular flexibility index (Phi) is 3.59. The maximum Gasteiger partial charge on any atom is 0.433 e. The normalized spacial score (nSPS) is 11.2. The molecule has 23 heavy (non-hydrogen) atoms. The number of para-hydroxylation sites is 2. The molecule has 116 valence electrons. The van der Waals surface area contributed by atoms with Crippen molar-refractivity contribution in [2.45, 2.75) is 0 Å². The zero-order valence-corrected chi connectivity index (χ0v) is 12.0. The molecular formula is C14H11N5O4. The van der Waals surface area contributed by atoms with E-state index in [-0.39, 0.29) is 17.6 Å². The minimum atomic E-state index is -0.642. The van der Waals surface area contributed by atoms with Crippen LogP contribution in [-0.4, -0.2) is 33.8 Å². The van der Waals surface area contributed by atoms with Crippen molar-refractivity contribution in [2.24, 2.45) is 4.99 Å². The number of furan rings is 1. The van der Waals surface area contributed by atoms with E-state index in [0.717, 1.165) is 0 Å². The van der Waals surface area contributed by atoms with Gasteiger partial charge >= 0.3 is 11.9 Å². The van der Waals surface area contributed by atoms with Crippen molar-refractivity contribution >= 4 is 35.1 Å². The first-order valence-electron chi connectivity index (χ1n) is 6.58. The molecule has 3 rings (SSSR count). The lowest BCUT2D eigenvalue weighted by Gasteiger charge is -2.03. The molecule has 0 saturated carbocycles. The summed E-state index contributed by atoms with van der Waals surface area (Å²) in [5, 5.41) is 13.1. The summed E-state index contributed by atoms with van der Waals surface area (Å²) in [6, 6.07) is 9.33. The average molecular weight is 313 g/mol. The summed E-state index contributed by atoms with van der Waals surface area (Å²) < 4.78 is 6.29. The van der Waals surface area contributed by atoms with E-state index < -0.39 is 11.0 Å². The number of aliphatic imine (C=N–C) groups is 1. The summed E-state index contributed by atoms with van der Waals surface area (Å²) in [7, 11) is 1.50. The molecule has 1 N–H and O–H groups in total. The van der Waals surface area contributed by atoms with Crippen LogP contribution in [0.4, 0.5) is 16.6 Å². The number of benzene rings is 1. The third-order valence-electron chi connectivity index (χ3n) is 3.06. The van der Waals surface area contributed by atoms with Crippen LogP contribution in [0.5, 0.6) is 0 Å². The number of amides is 1. The highest BCUT2D eigenvalue weighted by molar-refractivity contribution is 5.93. The lowest BCUT2D eigenvalue weighted by molar-refractivity contribution is -0.402. The molecule has 0 unspecified atom stereocenters. The molecule has 1 aromatic carbocycles. The maximum absolute atomic E-state index is 12.0. The van der Waals surface area contributed by atoms with E-state index in [2.05, 4.69) is 15.3 Å². The predicted octanol–water partition coefficient (Wildman–Crippen LogP) is 2.48. The number of nitro groups is 1. The Bertz CT molecular complexity index is 924. The van der Waals surface area contributed by atoms with Gasteiger partial charge < -0.3 is 9.73 Å². The second-order valence-electron chi connectivity index (χ2n) is 4.48. The Morgan fingerprint density at radius 3 is 2.87 bits per heavy atom. The topological polar surface area (TPSA) is 116 Å². The summed E-state index contributed by atoms with van der Waals surface area (Å²) in [5.74, 6) is -0.0527. The molecular weight excluding hydrogens is 302 g/mol. The smallest absolute Gasteiger partial charge is 0.400 e. The fourth-order valence-electron chi connectivity index (χ4n) is 2.04.